The van der Waals surface area contributed by atoms with E-state index in [1.54, 1.807) is 23.1 Å². The topological polar surface area (TPSA) is 82.8 Å². The van der Waals surface area contributed by atoms with Crippen LogP contribution in [0.25, 0.3) is 0 Å². The standard InChI is InChI=1S/C19H22N2O4/c1-4-19(3)18(23)17(21-11-13(24-5-2)9-16(21)22)14-8-12(10-20)6-7-15(14)25-19/h6-9,17-18,23H,4-5,11H2,1-3H3/t17-,18+,19?/m1/s1. The molecule has 0 radical (unpaired) electrons. The number of nitrogens with zero attached hydrogens (tertiary/aromatic N) is 2. The highest BCUT2D eigenvalue weighted by molar-refractivity contribution is 5.91. The van der Waals surface area contributed by atoms with Gasteiger partial charge < -0.3 is 19.5 Å². The van der Waals surface area contributed by atoms with Gasteiger partial charge in [0.1, 0.15) is 23.2 Å². The maximum Gasteiger partial charge on any atom is 0.251 e. The van der Waals surface area contributed by atoms with Crippen LogP contribution in [-0.4, -0.2) is 40.8 Å². The number of benzene rings is 1. The summed E-state index contributed by atoms with van der Waals surface area (Å²) in [6, 6.07) is 6.60. The van der Waals surface area contributed by atoms with E-state index in [9.17, 15) is 15.2 Å². The minimum atomic E-state index is -0.919. The quantitative estimate of drug-likeness (QED) is 0.908. The lowest BCUT2D eigenvalue weighted by molar-refractivity contribution is -0.139. The van der Waals surface area contributed by atoms with E-state index in [1.807, 2.05) is 20.8 Å². The summed E-state index contributed by atoms with van der Waals surface area (Å²) in [5, 5.41) is 20.2. The lowest BCUT2D eigenvalue weighted by Crippen LogP contribution is -2.55. The highest BCUT2D eigenvalue weighted by Crippen LogP contribution is 2.45. The lowest BCUT2D eigenvalue weighted by atomic mass is 9.82. The fourth-order valence-electron chi connectivity index (χ4n) is 3.40. The smallest absolute Gasteiger partial charge is 0.251 e. The van der Waals surface area contributed by atoms with Crippen molar-refractivity contribution >= 4 is 5.91 Å². The highest BCUT2D eigenvalue weighted by atomic mass is 16.5. The second kappa shape index (κ2) is 6.41. The number of ether oxygens (including phenoxy) is 2. The molecule has 1 N–H and O–H groups in total. The molecule has 3 atom stereocenters. The minimum absolute atomic E-state index is 0.207. The van der Waals surface area contributed by atoms with Crippen molar-refractivity contribution in [1.29, 1.82) is 5.26 Å². The van der Waals surface area contributed by atoms with Crippen LogP contribution < -0.4 is 4.74 Å². The van der Waals surface area contributed by atoms with E-state index in [1.165, 1.54) is 6.08 Å². The van der Waals surface area contributed by atoms with Gasteiger partial charge in [-0.15, -0.1) is 0 Å². The molecule has 1 amide bonds. The molecule has 6 nitrogen and oxygen atoms in total. The summed E-state index contributed by atoms with van der Waals surface area (Å²) in [6.45, 7) is 6.41. The van der Waals surface area contributed by atoms with Crippen LogP contribution >= 0.6 is 0 Å². The summed E-state index contributed by atoms with van der Waals surface area (Å²) in [4.78, 5) is 14.1. The molecule has 25 heavy (non-hydrogen) atoms. The summed E-state index contributed by atoms with van der Waals surface area (Å²) in [5.41, 5.74) is 0.293. The SMILES string of the molecule is CCOC1=CC(=O)N([C@@H]2c3cc(C#N)ccc3OC(C)(CC)[C@H]2O)C1. The zero-order chi connectivity index (χ0) is 18.2. The number of hydrogen-bond donors (Lipinski definition) is 1. The molecule has 0 saturated heterocycles. The molecule has 0 aliphatic carbocycles. The number of amides is 1. The highest BCUT2D eigenvalue weighted by Gasteiger charge is 2.49. The average Bonchev–Trinajstić information content (AvgIpc) is 2.96. The van der Waals surface area contributed by atoms with Crippen molar-refractivity contribution in [2.24, 2.45) is 0 Å². The molecule has 0 spiro atoms. The van der Waals surface area contributed by atoms with Gasteiger partial charge in [0.25, 0.3) is 5.91 Å². The lowest BCUT2D eigenvalue weighted by Gasteiger charge is -2.46. The summed E-state index contributed by atoms with van der Waals surface area (Å²) < 4.78 is 11.5. The van der Waals surface area contributed by atoms with Crippen LogP contribution in [0.1, 0.15) is 44.4 Å². The number of aliphatic hydroxyl groups is 1. The predicted octanol–water partition coefficient (Wildman–Crippen LogP) is 2.28. The molecule has 6 heteroatoms. The van der Waals surface area contributed by atoms with Crippen molar-refractivity contribution in [3.05, 3.63) is 41.2 Å². The van der Waals surface area contributed by atoms with E-state index in [2.05, 4.69) is 6.07 Å². The number of carbonyl (C=O) groups is 1. The van der Waals surface area contributed by atoms with Gasteiger partial charge in [0.05, 0.1) is 30.8 Å². The van der Waals surface area contributed by atoms with E-state index < -0.39 is 17.7 Å². The molecular formula is C19H22N2O4. The fraction of sp³-hybridized carbons (Fsp3) is 0.474. The van der Waals surface area contributed by atoms with Crippen LogP contribution in [0.3, 0.4) is 0 Å². The van der Waals surface area contributed by atoms with Gasteiger partial charge in [0.2, 0.25) is 0 Å². The van der Waals surface area contributed by atoms with Crippen LogP contribution in [0.2, 0.25) is 0 Å². The van der Waals surface area contributed by atoms with Gasteiger partial charge in [-0.2, -0.15) is 5.26 Å². The number of hydrogen-bond acceptors (Lipinski definition) is 5. The first-order chi connectivity index (χ1) is 11.9. The molecule has 2 heterocycles. The third-order valence-electron chi connectivity index (χ3n) is 4.99. The predicted molar refractivity (Wildman–Crippen MR) is 90.7 cm³/mol. The third kappa shape index (κ3) is 2.85. The van der Waals surface area contributed by atoms with Gasteiger partial charge in [0, 0.05) is 11.6 Å². The van der Waals surface area contributed by atoms with Gasteiger partial charge >= 0.3 is 0 Å². The third-order valence-corrected chi connectivity index (χ3v) is 4.99. The van der Waals surface area contributed by atoms with Crippen LogP contribution in [0.5, 0.6) is 5.75 Å². The fourth-order valence-corrected chi connectivity index (χ4v) is 3.40. The van der Waals surface area contributed by atoms with E-state index in [0.29, 0.717) is 42.2 Å². The van der Waals surface area contributed by atoms with E-state index in [0.717, 1.165) is 0 Å². The molecule has 0 bridgehead atoms. The number of rotatable bonds is 4. The van der Waals surface area contributed by atoms with Gasteiger partial charge in [-0.05, 0) is 38.5 Å². The minimum Gasteiger partial charge on any atom is -0.496 e. The molecule has 2 aliphatic rings. The molecule has 0 saturated carbocycles. The van der Waals surface area contributed by atoms with Crippen LogP contribution in [0.4, 0.5) is 0 Å². The largest absolute Gasteiger partial charge is 0.496 e. The Bertz CT molecular complexity index is 767. The van der Waals surface area contributed by atoms with Crippen molar-refractivity contribution in [1.82, 2.24) is 4.90 Å². The van der Waals surface area contributed by atoms with E-state index >= 15 is 0 Å². The molecule has 1 aromatic carbocycles. The zero-order valence-corrected chi connectivity index (χ0v) is 14.7. The monoisotopic (exact) mass is 342 g/mol. The number of nitriles is 1. The zero-order valence-electron chi connectivity index (χ0n) is 14.7. The Morgan fingerprint density at radius 1 is 1.48 bits per heavy atom. The molecule has 3 rings (SSSR count). The van der Waals surface area contributed by atoms with E-state index in [-0.39, 0.29) is 5.91 Å². The maximum atomic E-state index is 12.5. The number of carbonyl (C=O) groups excluding carboxylic acids is 1. The summed E-state index contributed by atoms with van der Waals surface area (Å²) >= 11 is 0. The molecule has 132 valence electrons. The Labute approximate surface area is 147 Å². The van der Waals surface area contributed by atoms with Crippen molar-refractivity contribution in [3.8, 4) is 11.8 Å². The van der Waals surface area contributed by atoms with Crippen molar-refractivity contribution in [2.75, 3.05) is 13.2 Å². The first kappa shape index (κ1) is 17.3. The Morgan fingerprint density at radius 3 is 2.88 bits per heavy atom. The first-order valence-corrected chi connectivity index (χ1v) is 8.48. The summed E-state index contributed by atoms with van der Waals surface area (Å²) in [7, 11) is 0. The normalized spacial score (nSPS) is 28.0. The average molecular weight is 342 g/mol. The molecule has 0 fully saturated rings. The van der Waals surface area contributed by atoms with Gasteiger partial charge in [-0.25, -0.2) is 0 Å². The van der Waals surface area contributed by atoms with Crippen molar-refractivity contribution < 1.29 is 19.4 Å². The van der Waals surface area contributed by atoms with Gasteiger partial charge in [0.15, 0.2) is 0 Å². The Kier molecular flexibility index (Phi) is 4.44. The second-order valence-electron chi connectivity index (χ2n) is 6.53. The molecule has 0 aromatic heterocycles. The van der Waals surface area contributed by atoms with Crippen LogP contribution in [0.15, 0.2) is 30.0 Å². The Balaban J connectivity index is 2.05. The van der Waals surface area contributed by atoms with Gasteiger partial charge in [-0.1, -0.05) is 6.92 Å². The molecule has 1 unspecified atom stereocenters. The van der Waals surface area contributed by atoms with Crippen molar-refractivity contribution in [3.63, 3.8) is 0 Å². The maximum absolute atomic E-state index is 12.5. The summed E-state index contributed by atoms with van der Waals surface area (Å²) in [5.74, 6) is 0.972. The second-order valence-corrected chi connectivity index (χ2v) is 6.53. The van der Waals surface area contributed by atoms with Crippen molar-refractivity contribution in [2.45, 2.75) is 44.9 Å². The molecule has 2 aliphatic heterocycles. The van der Waals surface area contributed by atoms with Crippen LogP contribution in [0, 0.1) is 11.3 Å². The first-order valence-electron chi connectivity index (χ1n) is 8.48. The van der Waals surface area contributed by atoms with Gasteiger partial charge in [-0.3, -0.25) is 4.79 Å². The molecule has 1 aromatic rings. The summed E-state index contributed by atoms with van der Waals surface area (Å²) in [6.07, 6.45) is 1.12. The van der Waals surface area contributed by atoms with Crippen LogP contribution in [-0.2, 0) is 9.53 Å². The van der Waals surface area contributed by atoms with E-state index in [4.69, 9.17) is 9.47 Å². The Hall–Kier alpha value is -2.52. The molecular weight excluding hydrogens is 320 g/mol. The Morgan fingerprint density at radius 2 is 2.24 bits per heavy atom. The number of fused-ring (bicyclic) bond motifs is 1. The number of aliphatic hydroxyl groups excluding tert-OH is 1.